The van der Waals surface area contributed by atoms with Gasteiger partial charge in [-0.3, -0.25) is 0 Å². The van der Waals surface area contributed by atoms with Crippen LogP contribution in [0.25, 0.3) is 0 Å². The molecule has 2 aromatic rings. The number of hydrogen-bond acceptors (Lipinski definition) is 7. The molecule has 102 valence electrons. The van der Waals surface area contributed by atoms with E-state index in [1.807, 2.05) is 14.0 Å². The summed E-state index contributed by atoms with van der Waals surface area (Å²) in [6, 6.07) is 0. The monoisotopic (exact) mass is 295 g/mol. The number of anilines is 1. The summed E-state index contributed by atoms with van der Waals surface area (Å²) in [5.41, 5.74) is 1.05. The van der Waals surface area contributed by atoms with Gasteiger partial charge in [0.15, 0.2) is 4.34 Å². The summed E-state index contributed by atoms with van der Waals surface area (Å²) in [7, 11) is 1.88. The molecule has 0 aliphatic carbocycles. The second kappa shape index (κ2) is 6.29. The van der Waals surface area contributed by atoms with Gasteiger partial charge in [-0.1, -0.05) is 13.8 Å². The second-order valence-electron chi connectivity index (χ2n) is 3.95. The van der Waals surface area contributed by atoms with Gasteiger partial charge < -0.3 is 5.32 Å². The number of nitrogens with zero attached hydrogens (tertiary/aromatic N) is 4. The number of aromatic nitrogens is 4. The zero-order valence-electron chi connectivity index (χ0n) is 11.5. The van der Waals surface area contributed by atoms with Gasteiger partial charge in [0.1, 0.15) is 22.5 Å². The minimum atomic E-state index is 0.818. The van der Waals surface area contributed by atoms with Gasteiger partial charge in [-0.05, 0) is 30.2 Å². The highest BCUT2D eigenvalue weighted by atomic mass is 32.2. The smallest absolute Gasteiger partial charge is 0.176 e. The summed E-state index contributed by atoms with van der Waals surface area (Å²) in [5, 5.41) is 4.07. The van der Waals surface area contributed by atoms with Gasteiger partial charge in [0.05, 0.1) is 0 Å². The molecule has 0 aliphatic heterocycles. The molecule has 0 aliphatic rings. The second-order valence-corrected chi connectivity index (χ2v) is 5.94. The Morgan fingerprint density at radius 3 is 2.42 bits per heavy atom. The van der Waals surface area contributed by atoms with Crippen LogP contribution in [0.5, 0.6) is 0 Å². The molecule has 1 N–H and O–H groups in total. The third-order valence-electron chi connectivity index (χ3n) is 2.65. The number of hydrogen-bond donors (Lipinski definition) is 1. The average molecular weight is 295 g/mol. The summed E-state index contributed by atoms with van der Waals surface area (Å²) < 4.78 is 5.23. The molecule has 0 spiro atoms. The molecule has 0 saturated carbocycles. The van der Waals surface area contributed by atoms with E-state index in [1.165, 1.54) is 11.5 Å². The van der Waals surface area contributed by atoms with E-state index in [2.05, 4.69) is 38.5 Å². The maximum absolute atomic E-state index is 4.58. The van der Waals surface area contributed by atoms with E-state index in [1.54, 1.807) is 11.8 Å². The minimum Gasteiger partial charge on any atom is -0.373 e. The first-order valence-corrected chi connectivity index (χ1v) is 7.82. The van der Waals surface area contributed by atoms with Crippen molar-refractivity contribution in [3.05, 3.63) is 17.2 Å². The lowest BCUT2D eigenvalue weighted by molar-refractivity contribution is 0.873. The molecule has 0 saturated heterocycles. The zero-order valence-corrected chi connectivity index (χ0v) is 13.2. The maximum atomic E-state index is 4.58. The molecular formula is C12H17N5S2. The summed E-state index contributed by atoms with van der Waals surface area (Å²) in [6.45, 7) is 6.13. The van der Waals surface area contributed by atoms with E-state index in [9.17, 15) is 0 Å². The van der Waals surface area contributed by atoms with Crippen molar-refractivity contribution >= 4 is 29.1 Å². The van der Waals surface area contributed by atoms with E-state index in [0.717, 1.165) is 45.2 Å². The summed E-state index contributed by atoms with van der Waals surface area (Å²) in [4.78, 5) is 13.5. The Morgan fingerprint density at radius 1 is 1.11 bits per heavy atom. The van der Waals surface area contributed by atoms with Gasteiger partial charge in [-0.15, -0.1) is 0 Å². The SMILES string of the molecule is CCc1nsc(Sc2nc(CC)nc(NC)c2C)n1. The van der Waals surface area contributed by atoms with Crippen molar-refractivity contribution in [3.8, 4) is 0 Å². The highest BCUT2D eigenvalue weighted by molar-refractivity contribution is 8.00. The van der Waals surface area contributed by atoms with Crippen LogP contribution in [0, 0.1) is 6.92 Å². The van der Waals surface area contributed by atoms with E-state index in [-0.39, 0.29) is 0 Å². The van der Waals surface area contributed by atoms with Crippen LogP contribution in [0.3, 0.4) is 0 Å². The largest absolute Gasteiger partial charge is 0.373 e. The van der Waals surface area contributed by atoms with Crippen molar-refractivity contribution < 1.29 is 0 Å². The van der Waals surface area contributed by atoms with Gasteiger partial charge in [0, 0.05) is 25.5 Å². The molecule has 0 unspecified atom stereocenters. The Labute approximate surface area is 121 Å². The normalized spacial score (nSPS) is 10.7. The standard InChI is InChI=1S/C12H17N5S2/c1-5-8-14-10(13-4)7(3)11(15-8)18-12-16-9(6-2)17-19-12/h5-6H2,1-4H3,(H,13,14,15). The van der Waals surface area contributed by atoms with Crippen LogP contribution in [0.2, 0.25) is 0 Å². The van der Waals surface area contributed by atoms with Crippen LogP contribution in [0.15, 0.2) is 9.37 Å². The fraction of sp³-hybridized carbons (Fsp3) is 0.500. The van der Waals surface area contributed by atoms with E-state index < -0.39 is 0 Å². The fourth-order valence-corrected chi connectivity index (χ4v) is 3.26. The molecule has 7 heteroatoms. The van der Waals surface area contributed by atoms with Crippen LogP contribution in [-0.4, -0.2) is 26.4 Å². The third kappa shape index (κ3) is 3.22. The van der Waals surface area contributed by atoms with Crippen LogP contribution in [-0.2, 0) is 12.8 Å². The lowest BCUT2D eigenvalue weighted by Gasteiger charge is -2.09. The average Bonchev–Trinajstić information content (AvgIpc) is 2.88. The first-order chi connectivity index (χ1) is 9.17. The van der Waals surface area contributed by atoms with Crippen LogP contribution in [0.1, 0.15) is 31.1 Å². The van der Waals surface area contributed by atoms with E-state index >= 15 is 0 Å². The molecule has 0 fully saturated rings. The Balaban J connectivity index is 2.32. The van der Waals surface area contributed by atoms with Crippen molar-refractivity contribution in [1.29, 1.82) is 0 Å². The van der Waals surface area contributed by atoms with E-state index in [0.29, 0.717) is 0 Å². The molecule has 0 radical (unpaired) electrons. The number of aryl methyl sites for hydroxylation is 2. The van der Waals surface area contributed by atoms with Crippen molar-refractivity contribution in [2.24, 2.45) is 0 Å². The minimum absolute atomic E-state index is 0.818. The Bertz CT molecular complexity index is 567. The third-order valence-corrected chi connectivity index (χ3v) is 4.53. The molecule has 2 heterocycles. The van der Waals surface area contributed by atoms with Gasteiger partial charge in [-0.2, -0.15) is 4.37 Å². The summed E-state index contributed by atoms with van der Waals surface area (Å²) in [6.07, 6.45) is 1.68. The summed E-state index contributed by atoms with van der Waals surface area (Å²) in [5.74, 6) is 2.62. The van der Waals surface area contributed by atoms with Crippen LogP contribution >= 0.6 is 23.3 Å². The molecule has 5 nitrogen and oxygen atoms in total. The highest BCUT2D eigenvalue weighted by Gasteiger charge is 2.13. The topological polar surface area (TPSA) is 63.6 Å². The first kappa shape index (κ1) is 14.2. The lowest BCUT2D eigenvalue weighted by Crippen LogP contribution is -2.04. The molecule has 2 rings (SSSR count). The predicted octanol–water partition coefficient (Wildman–Crippen LogP) is 2.95. The highest BCUT2D eigenvalue weighted by Crippen LogP contribution is 2.32. The Morgan fingerprint density at radius 2 is 1.84 bits per heavy atom. The Kier molecular flexibility index (Phi) is 4.71. The van der Waals surface area contributed by atoms with Gasteiger partial charge in [0.2, 0.25) is 0 Å². The lowest BCUT2D eigenvalue weighted by atomic mass is 10.3. The van der Waals surface area contributed by atoms with Gasteiger partial charge in [-0.25, -0.2) is 15.0 Å². The van der Waals surface area contributed by atoms with Crippen molar-refractivity contribution in [2.45, 2.75) is 43.0 Å². The number of nitrogens with one attached hydrogen (secondary N) is 1. The molecule has 19 heavy (non-hydrogen) atoms. The van der Waals surface area contributed by atoms with Gasteiger partial charge >= 0.3 is 0 Å². The molecule has 0 aromatic carbocycles. The van der Waals surface area contributed by atoms with Crippen LogP contribution in [0.4, 0.5) is 5.82 Å². The summed E-state index contributed by atoms with van der Waals surface area (Å²) >= 11 is 2.99. The maximum Gasteiger partial charge on any atom is 0.176 e. The van der Waals surface area contributed by atoms with Gasteiger partial charge in [0.25, 0.3) is 0 Å². The molecular weight excluding hydrogens is 278 g/mol. The van der Waals surface area contributed by atoms with Crippen molar-refractivity contribution in [2.75, 3.05) is 12.4 Å². The molecule has 0 amide bonds. The predicted molar refractivity (Wildman–Crippen MR) is 79.1 cm³/mol. The Hall–Kier alpha value is -1.21. The molecule has 0 atom stereocenters. The van der Waals surface area contributed by atoms with Crippen LogP contribution < -0.4 is 5.32 Å². The molecule has 2 aromatic heterocycles. The van der Waals surface area contributed by atoms with Crippen molar-refractivity contribution in [1.82, 2.24) is 19.3 Å². The van der Waals surface area contributed by atoms with Crippen molar-refractivity contribution in [3.63, 3.8) is 0 Å². The first-order valence-electron chi connectivity index (χ1n) is 6.23. The quantitative estimate of drug-likeness (QED) is 0.856. The molecule has 0 bridgehead atoms. The fourth-order valence-electron chi connectivity index (χ4n) is 1.55. The zero-order chi connectivity index (χ0) is 13.8. The number of rotatable bonds is 5. The van der Waals surface area contributed by atoms with E-state index in [4.69, 9.17) is 0 Å².